The van der Waals surface area contributed by atoms with Gasteiger partial charge in [0, 0.05) is 53.6 Å². The Hall–Kier alpha value is -7.73. The van der Waals surface area contributed by atoms with Gasteiger partial charge < -0.3 is 4.42 Å². The number of aromatic nitrogens is 3. The number of para-hydroxylation sites is 2. The number of hydrogen-bond acceptors (Lipinski definition) is 5. The van der Waals surface area contributed by atoms with E-state index in [1.165, 1.54) is 36.9 Å². The molecule has 3 aromatic heterocycles. The van der Waals surface area contributed by atoms with Gasteiger partial charge in [-0.25, -0.2) is 15.0 Å². The highest BCUT2D eigenvalue weighted by molar-refractivity contribution is 7.26. The number of rotatable bonds is 4. The van der Waals surface area contributed by atoms with E-state index >= 15 is 0 Å². The molecule has 5 heteroatoms. The van der Waals surface area contributed by atoms with Gasteiger partial charge in [-0.2, -0.15) is 0 Å². The minimum absolute atomic E-state index is 0.182. The molecule has 0 spiro atoms. The molecule has 0 fully saturated rings. The molecule has 1 aliphatic heterocycles. The standard InChI is InChI=1S/C57H35N3OS/c1-2-11-34(12-3-1)38-25-27-43(40-16-8-17-41(31-40)44-20-9-21-46-45-19-4-5-23-50(45)61-54(44)46)48(32-38)57-59-55-42-18-7-15-37(30-42)35-13-6-14-36(29-35)39-26-28-51-49(33-39)53-47(56(58-55)60-57)22-10-24-52(53)62-51/h1-29,31-33,37H,30H2. The van der Waals surface area contributed by atoms with Crippen LogP contribution in [0.3, 0.4) is 0 Å². The van der Waals surface area contributed by atoms with Crippen LogP contribution < -0.4 is 0 Å². The second-order valence-electron chi connectivity index (χ2n) is 16.3. The number of thiophene rings is 1. The summed E-state index contributed by atoms with van der Waals surface area (Å²) in [6.07, 6.45) is 7.44. The van der Waals surface area contributed by atoms with E-state index in [1.54, 1.807) is 0 Å². The highest BCUT2D eigenvalue weighted by Gasteiger charge is 2.24. The van der Waals surface area contributed by atoms with Crippen molar-refractivity contribution in [1.29, 1.82) is 0 Å². The van der Waals surface area contributed by atoms with Crippen LogP contribution in [0.2, 0.25) is 0 Å². The van der Waals surface area contributed by atoms with Crippen molar-refractivity contribution in [3.63, 3.8) is 0 Å². The predicted molar refractivity (Wildman–Crippen MR) is 257 cm³/mol. The van der Waals surface area contributed by atoms with E-state index in [9.17, 15) is 0 Å². The first-order valence-electron chi connectivity index (χ1n) is 21.1. The van der Waals surface area contributed by atoms with Crippen molar-refractivity contribution in [1.82, 2.24) is 15.0 Å². The van der Waals surface area contributed by atoms with Gasteiger partial charge >= 0.3 is 0 Å². The third-order valence-electron chi connectivity index (χ3n) is 12.6. The number of benzene rings is 8. The average Bonchev–Trinajstić information content (AvgIpc) is 3.92. The summed E-state index contributed by atoms with van der Waals surface area (Å²) in [5.41, 5.74) is 15.0. The molecule has 1 atom stereocenters. The van der Waals surface area contributed by atoms with E-state index in [0.29, 0.717) is 17.5 Å². The van der Waals surface area contributed by atoms with Gasteiger partial charge in [0.2, 0.25) is 0 Å². The zero-order chi connectivity index (χ0) is 40.7. The molecule has 4 nitrogen and oxygen atoms in total. The molecule has 0 radical (unpaired) electrons. The molecule has 4 heterocycles. The van der Waals surface area contributed by atoms with Crippen molar-refractivity contribution in [2.24, 2.45) is 0 Å². The molecule has 0 amide bonds. The van der Waals surface area contributed by atoms with Crippen LogP contribution >= 0.6 is 11.3 Å². The number of hydrogen-bond donors (Lipinski definition) is 0. The van der Waals surface area contributed by atoms with Crippen LogP contribution in [0.4, 0.5) is 0 Å². The topological polar surface area (TPSA) is 51.8 Å². The van der Waals surface area contributed by atoms with Crippen molar-refractivity contribution in [3.8, 4) is 67.3 Å². The minimum Gasteiger partial charge on any atom is -0.455 e. The van der Waals surface area contributed by atoms with E-state index in [1.807, 2.05) is 23.5 Å². The lowest BCUT2D eigenvalue weighted by Crippen LogP contribution is -2.07. The maximum atomic E-state index is 6.52. The molecule has 8 aromatic carbocycles. The predicted octanol–water partition coefficient (Wildman–Crippen LogP) is 15.6. The zero-order valence-corrected chi connectivity index (χ0v) is 34.2. The molecule has 1 aliphatic carbocycles. The van der Waals surface area contributed by atoms with E-state index in [0.717, 1.165) is 78.4 Å². The first kappa shape index (κ1) is 35.1. The number of furan rings is 1. The number of fused-ring (bicyclic) bond motifs is 14. The molecule has 8 bridgehead atoms. The Bertz CT molecular complexity index is 3690. The number of allylic oxidation sites excluding steroid dienone is 4. The third-order valence-corrected chi connectivity index (χ3v) is 13.8. The molecule has 0 saturated heterocycles. The summed E-state index contributed by atoms with van der Waals surface area (Å²) in [5, 5.41) is 4.62. The molecule has 0 saturated carbocycles. The molecule has 1 unspecified atom stereocenters. The lowest BCUT2D eigenvalue weighted by molar-refractivity contribution is 0.670. The van der Waals surface area contributed by atoms with Crippen LogP contribution in [-0.2, 0) is 0 Å². The minimum atomic E-state index is 0.182. The molecule has 290 valence electrons. The van der Waals surface area contributed by atoms with Crippen LogP contribution in [0.1, 0.15) is 23.7 Å². The van der Waals surface area contributed by atoms with Crippen molar-refractivity contribution < 1.29 is 4.42 Å². The Kier molecular flexibility index (Phi) is 7.87. The van der Waals surface area contributed by atoms with Gasteiger partial charge in [-0.1, -0.05) is 158 Å². The van der Waals surface area contributed by atoms with E-state index in [4.69, 9.17) is 19.4 Å². The van der Waals surface area contributed by atoms with Gasteiger partial charge in [-0.15, -0.1) is 11.3 Å². The Morgan fingerprint density at radius 3 is 2.08 bits per heavy atom. The summed E-state index contributed by atoms with van der Waals surface area (Å²) in [6, 6.07) is 63.2. The Morgan fingerprint density at radius 1 is 0.452 bits per heavy atom. The first-order chi connectivity index (χ1) is 30.7. The lowest BCUT2D eigenvalue weighted by atomic mass is 9.86. The van der Waals surface area contributed by atoms with Gasteiger partial charge in [0.05, 0.1) is 0 Å². The second kappa shape index (κ2) is 13.9. The summed E-state index contributed by atoms with van der Waals surface area (Å²) >= 11 is 1.82. The first-order valence-corrected chi connectivity index (χ1v) is 21.9. The fourth-order valence-corrected chi connectivity index (χ4v) is 10.7. The maximum Gasteiger partial charge on any atom is 0.164 e. The van der Waals surface area contributed by atoms with Crippen LogP contribution in [0, 0.1) is 0 Å². The van der Waals surface area contributed by atoms with Gasteiger partial charge in [0.25, 0.3) is 0 Å². The highest BCUT2D eigenvalue weighted by atomic mass is 32.1. The smallest absolute Gasteiger partial charge is 0.164 e. The SMILES string of the molecule is C1=CC2CC(=C1)c1nc(-c3cc(-c4ccccc4)ccc3-c3cccc(-c4cccc5c4oc4ccccc45)c3)nc(n1)-c1cccc3sc4ccc(cc4c13)-c1cccc2c1. The molecule has 13 rings (SSSR count). The van der Waals surface area contributed by atoms with E-state index in [2.05, 4.69) is 182 Å². The second-order valence-corrected chi connectivity index (χ2v) is 17.4. The highest BCUT2D eigenvalue weighted by Crippen LogP contribution is 2.44. The van der Waals surface area contributed by atoms with Gasteiger partial charge in [0.1, 0.15) is 11.2 Å². The summed E-state index contributed by atoms with van der Waals surface area (Å²) in [4.78, 5) is 16.3. The fourth-order valence-electron chi connectivity index (χ4n) is 9.60. The maximum absolute atomic E-state index is 6.52. The van der Waals surface area contributed by atoms with Crippen LogP contribution in [0.25, 0.3) is 115 Å². The molecule has 11 aromatic rings. The normalized spacial score (nSPS) is 14.3. The fraction of sp³-hybridized carbons (Fsp3) is 0.0351. The largest absolute Gasteiger partial charge is 0.455 e. The Morgan fingerprint density at radius 2 is 1.15 bits per heavy atom. The molecule has 2 aliphatic rings. The lowest BCUT2D eigenvalue weighted by Gasteiger charge is -2.20. The van der Waals surface area contributed by atoms with Gasteiger partial charge in [-0.3, -0.25) is 0 Å². The molecule has 62 heavy (non-hydrogen) atoms. The van der Waals surface area contributed by atoms with Crippen molar-refractivity contribution in [2.75, 3.05) is 0 Å². The van der Waals surface area contributed by atoms with E-state index < -0.39 is 0 Å². The zero-order valence-electron chi connectivity index (χ0n) is 33.4. The summed E-state index contributed by atoms with van der Waals surface area (Å²) in [7, 11) is 0. The third kappa shape index (κ3) is 5.70. The molecular formula is C57H35N3OS. The average molecular weight is 810 g/mol. The Balaban J connectivity index is 1.06. The van der Waals surface area contributed by atoms with Crippen LogP contribution in [0.5, 0.6) is 0 Å². The monoisotopic (exact) mass is 809 g/mol. The quantitative estimate of drug-likeness (QED) is 0.178. The van der Waals surface area contributed by atoms with E-state index in [-0.39, 0.29) is 5.92 Å². The van der Waals surface area contributed by atoms with Gasteiger partial charge in [0.15, 0.2) is 17.5 Å². The van der Waals surface area contributed by atoms with Crippen LogP contribution in [-0.4, -0.2) is 15.0 Å². The van der Waals surface area contributed by atoms with Crippen LogP contribution in [0.15, 0.2) is 199 Å². The summed E-state index contributed by atoms with van der Waals surface area (Å²) in [6.45, 7) is 0. The summed E-state index contributed by atoms with van der Waals surface area (Å²) in [5.74, 6) is 2.19. The van der Waals surface area contributed by atoms with Crippen molar-refractivity contribution >= 4 is 59.0 Å². The van der Waals surface area contributed by atoms with Crippen molar-refractivity contribution in [2.45, 2.75) is 12.3 Å². The molecule has 0 N–H and O–H groups in total. The molecular weight excluding hydrogens is 775 g/mol. The van der Waals surface area contributed by atoms with Crippen molar-refractivity contribution in [3.05, 3.63) is 206 Å². The summed E-state index contributed by atoms with van der Waals surface area (Å²) < 4.78 is 8.97. The van der Waals surface area contributed by atoms with Gasteiger partial charge in [-0.05, 0) is 92.9 Å². The Labute approximate surface area is 361 Å². The number of nitrogens with zero attached hydrogens (tertiary/aromatic N) is 3.